The second-order valence-corrected chi connectivity index (χ2v) is 7.53. The molecule has 0 aromatic heterocycles. The van der Waals surface area contributed by atoms with Crippen LogP contribution >= 0.6 is 0 Å². The first-order valence-electron chi connectivity index (χ1n) is 9.34. The summed E-state index contributed by atoms with van der Waals surface area (Å²) in [7, 11) is 5.26. The highest BCUT2D eigenvalue weighted by Crippen LogP contribution is 2.37. The minimum atomic E-state index is -0.0770. The molecule has 1 N–H and O–H groups in total. The summed E-state index contributed by atoms with van der Waals surface area (Å²) in [5.74, 6) is 1.31. The average Bonchev–Trinajstić information content (AvgIpc) is 2.88. The van der Waals surface area contributed by atoms with E-state index in [1.165, 1.54) is 4.90 Å². The van der Waals surface area contributed by atoms with Crippen LogP contribution in [-0.4, -0.2) is 44.7 Å². The Morgan fingerprint density at radius 2 is 1.58 bits per heavy atom. The molecule has 2 fully saturated rings. The standard InChI is InChI=1S/C20H28N2O4/c1-13-9-17(25-3)18(26-4)10-14(13)11-21(2)12-22-19(23)15-7-5-6-8-16(15)20(22)24/h9-10,15-16H,5-8,11-12H2,1-4H3/p+1/t15-,16-/m0/s1. The van der Waals surface area contributed by atoms with Crippen molar-refractivity contribution < 1.29 is 24.0 Å². The van der Waals surface area contributed by atoms with E-state index in [4.69, 9.17) is 9.47 Å². The lowest BCUT2D eigenvalue weighted by molar-refractivity contribution is -0.901. The molecule has 6 heteroatoms. The molecule has 2 aliphatic rings. The maximum atomic E-state index is 12.6. The Bertz CT molecular complexity index is 679. The van der Waals surface area contributed by atoms with E-state index in [0.717, 1.165) is 41.7 Å². The first-order chi connectivity index (χ1) is 12.5. The van der Waals surface area contributed by atoms with Gasteiger partial charge in [-0.3, -0.25) is 9.59 Å². The maximum Gasteiger partial charge on any atom is 0.237 e. The van der Waals surface area contributed by atoms with E-state index >= 15 is 0 Å². The predicted octanol–water partition coefficient (Wildman–Crippen LogP) is 1.16. The van der Waals surface area contributed by atoms with Gasteiger partial charge in [-0.15, -0.1) is 0 Å². The van der Waals surface area contributed by atoms with Crippen molar-refractivity contribution in [3.8, 4) is 11.5 Å². The number of fused-ring (bicyclic) bond motifs is 1. The van der Waals surface area contributed by atoms with Gasteiger partial charge in [0, 0.05) is 5.56 Å². The number of amides is 2. The Balaban J connectivity index is 1.70. The lowest BCUT2D eigenvalue weighted by Gasteiger charge is -2.22. The molecule has 6 nitrogen and oxygen atoms in total. The predicted molar refractivity (Wildman–Crippen MR) is 97.0 cm³/mol. The first-order valence-corrected chi connectivity index (χ1v) is 9.34. The van der Waals surface area contributed by atoms with Crippen LogP contribution in [0.15, 0.2) is 12.1 Å². The van der Waals surface area contributed by atoms with Gasteiger partial charge < -0.3 is 14.4 Å². The SMILES string of the molecule is COc1cc(C)c(C[NH+](C)CN2C(=O)[C@H]3CCCC[C@@H]3C2=O)cc1OC. The van der Waals surface area contributed by atoms with E-state index in [2.05, 4.69) is 0 Å². The molecule has 0 bridgehead atoms. The Labute approximate surface area is 155 Å². The van der Waals surface area contributed by atoms with Crippen LogP contribution in [0, 0.1) is 18.8 Å². The number of methoxy groups -OCH3 is 2. The number of nitrogens with zero attached hydrogens (tertiary/aromatic N) is 1. The normalized spacial score (nSPS) is 23.8. The molecule has 3 rings (SSSR count). The van der Waals surface area contributed by atoms with Crippen LogP contribution in [0.4, 0.5) is 0 Å². The van der Waals surface area contributed by atoms with Gasteiger partial charge in [0.2, 0.25) is 11.8 Å². The lowest BCUT2D eigenvalue weighted by atomic mass is 9.81. The minimum Gasteiger partial charge on any atom is -0.493 e. The number of hydrogen-bond acceptors (Lipinski definition) is 4. The number of carbonyl (C=O) groups is 2. The molecule has 1 unspecified atom stereocenters. The number of nitrogens with one attached hydrogen (secondary N) is 1. The number of carbonyl (C=O) groups excluding carboxylic acids is 2. The summed E-state index contributed by atoms with van der Waals surface area (Å²) in [4.78, 5) is 27.9. The van der Waals surface area contributed by atoms with Gasteiger partial charge in [0.1, 0.15) is 6.54 Å². The number of rotatable bonds is 6. The van der Waals surface area contributed by atoms with E-state index in [0.29, 0.717) is 24.7 Å². The molecule has 3 atom stereocenters. The Morgan fingerprint density at radius 3 is 2.12 bits per heavy atom. The fraction of sp³-hybridized carbons (Fsp3) is 0.600. The van der Waals surface area contributed by atoms with Gasteiger partial charge in [0.15, 0.2) is 18.2 Å². The Kier molecular flexibility index (Phi) is 5.51. The van der Waals surface area contributed by atoms with Gasteiger partial charge in [0.25, 0.3) is 0 Å². The van der Waals surface area contributed by atoms with E-state index < -0.39 is 0 Å². The molecule has 142 valence electrons. The van der Waals surface area contributed by atoms with Crippen molar-refractivity contribution in [2.24, 2.45) is 11.8 Å². The molecule has 26 heavy (non-hydrogen) atoms. The van der Waals surface area contributed by atoms with Gasteiger partial charge in [0.05, 0.1) is 33.1 Å². The average molecular weight is 361 g/mol. The summed E-state index contributed by atoms with van der Waals surface area (Å²) in [6.45, 7) is 3.16. The molecule has 1 heterocycles. The van der Waals surface area contributed by atoms with Crippen molar-refractivity contribution >= 4 is 11.8 Å². The van der Waals surface area contributed by atoms with Crippen LogP contribution in [0.25, 0.3) is 0 Å². The van der Waals surface area contributed by atoms with Crippen LogP contribution in [0.1, 0.15) is 36.8 Å². The number of ether oxygens (including phenoxy) is 2. The monoisotopic (exact) mass is 361 g/mol. The van der Waals surface area contributed by atoms with Crippen molar-refractivity contribution in [1.29, 1.82) is 0 Å². The highest BCUT2D eigenvalue weighted by molar-refractivity contribution is 6.05. The largest absolute Gasteiger partial charge is 0.493 e. The van der Waals surface area contributed by atoms with Crippen molar-refractivity contribution in [3.63, 3.8) is 0 Å². The van der Waals surface area contributed by atoms with Gasteiger partial charge in [-0.05, 0) is 37.5 Å². The second-order valence-electron chi connectivity index (χ2n) is 7.53. The van der Waals surface area contributed by atoms with Crippen molar-refractivity contribution in [2.75, 3.05) is 27.9 Å². The fourth-order valence-corrected chi connectivity index (χ4v) is 4.25. The number of likely N-dealkylation sites (tertiary alicyclic amines) is 1. The van der Waals surface area contributed by atoms with E-state index in [1.807, 2.05) is 26.1 Å². The molecule has 1 aromatic rings. The zero-order valence-corrected chi connectivity index (χ0v) is 16.1. The number of benzene rings is 1. The van der Waals surface area contributed by atoms with E-state index in [-0.39, 0.29) is 23.7 Å². The van der Waals surface area contributed by atoms with Crippen molar-refractivity contribution in [1.82, 2.24) is 4.90 Å². The Hall–Kier alpha value is -2.08. The zero-order valence-electron chi connectivity index (χ0n) is 16.1. The molecule has 1 aromatic carbocycles. The molecular formula is C20H29N2O4+. The number of aryl methyl sites for hydroxylation is 1. The second kappa shape index (κ2) is 7.66. The molecule has 0 spiro atoms. The van der Waals surface area contributed by atoms with E-state index in [9.17, 15) is 9.59 Å². The van der Waals surface area contributed by atoms with Crippen molar-refractivity contribution in [2.45, 2.75) is 39.2 Å². The third-order valence-corrected chi connectivity index (χ3v) is 5.69. The third-order valence-electron chi connectivity index (χ3n) is 5.69. The zero-order chi connectivity index (χ0) is 18.8. The van der Waals surface area contributed by atoms with E-state index in [1.54, 1.807) is 14.2 Å². The van der Waals surface area contributed by atoms with Gasteiger partial charge >= 0.3 is 0 Å². The number of imide groups is 1. The van der Waals surface area contributed by atoms with Gasteiger partial charge in [-0.1, -0.05) is 12.8 Å². The highest BCUT2D eigenvalue weighted by atomic mass is 16.5. The summed E-state index contributed by atoms with van der Waals surface area (Å²) in [6.07, 6.45) is 3.84. The van der Waals surface area contributed by atoms with Crippen LogP contribution in [-0.2, 0) is 16.1 Å². The molecule has 1 saturated heterocycles. The number of hydrogen-bond donors (Lipinski definition) is 1. The van der Waals surface area contributed by atoms with Gasteiger partial charge in [-0.2, -0.15) is 0 Å². The molecule has 1 aliphatic heterocycles. The fourth-order valence-electron chi connectivity index (χ4n) is 4.25. The molecule has 2 amide bonds. The van der Waals surface area contributed by atoms with Crippen LogP contribution in [0.3, 0.4) is 0 Å². The van der Waals surface area contributed by atoms with Crippen molar-refractivity contribution in [3.05, 3.63) is 23.3 Å². The molecule has 0 radical (unpaired) electrons. The lowest BCUT2D eigenvalue weighted by Crippen LogP contribution is -3.09. The summed E-state index contributed by atoms with van der Waals surface area (Å²) < 4.78 is 10.7. The van der Waals surface area contributed by atoms with Crippen LogP contribution in [0.2, 0.25) is 0 Å². The topological polar surface area (TPSA) is 60.3 Å². The highest BCUT2D eigenvalue weighted by Gasteiger charge is 2.49. The summed E-state index contributed by atoms with van der Waals surface area (Å²) in [5, 5.41) is 0. The Morgan fingerprint density at radius 1 is 1.04 bits per heavy atom. The minimum absolute atomic E-state index is 0.0306. The molecule has 1 saturated carbocycles. The summed E-state index contributed by atoms with van der Waals surface area (Å²) >= 11 is 0. The van der Waals surface area contributed by atoms with Crippen LogP contribution < -0.4 is 14.4 Å². The number of quaternary nitrogens is 1. The first kappa shape index (κ1) is 18.7. The summed E-state index contributed by atoms with van der Waals surface area (Å²) in [6, 6.07) is 3.94. The van der Waals surface area contributed by atoms with Gasteiger partial charge in [-0.25, -0.2) is 4.90 Å². The smallest absolute Gasteiger partial charge is 0.237 e. The molecule has 1 aliphatic carbocycles. The molecular weight excluding hydrogens is 332 g/mol. The third kappa shape index (κ3) is 3.43. The summed E-state index contributed by atoms with van der Waals surface area (Å²) in [5.41, 5.74) is 2.23. The van der Waals surface area contributed by atoms with Crippen LogP contribution in [0.5, 0.6) is 11.5 Å². The quantitative estimate of drug-likeness (QED) is 0.773. The maximum absolute atomic E-state index is 12.6.